The summed E-state index contributed by atoms with van der Waals surface area (Å²) in [5.41, 5.74) is 7.00. The summed E-state index contributed by atoms with van der Waals surface area (Å²) in [6, 6.07) is -0.887. The molecule has 0 aromatic heterocycles. The Balaban J connectivity index is 1.91. The van der Waals surface area contributed by atoms with Crippen LogP contribution < -0.4 is 11.2 Å². The molecular formula is C10H11N3O3. The van der Waals surface area contributed by atoms with Gasteiger partial charge in [0.05, 0.1) is 11.8 Å². The highest BCUT2D eigenvalue weighted by Gasteiger charge is 2.59. The summed E-state index contributed by atoms with van der Waals surface area (Å²) >= 11 is 0. The van der Waals surface area contributed by atoms with Gasteiger partial charge in [0.1, 0.15) is 0 Å². The molecule has 1 heterocycles. The third-order valence-electron chi connectivity index (χ3n) is 3.69. The number of carbonyl (C=O) groups is 3. The maximum Gasteiger partial charge on any atom is 0.331 e. The van der Waals surface area contributed by atoms with Crippen molar-refractivity contribution >= 4 is 17.8 Å². The summed E-state index contributed by atoms with van der Waals surface area (Å²) in [5.74, 6) is -0.961. The molecule has 6 heteroatoms. The average Bonchev–Trinajstić information content (AvgIpc) is 2.87. The van der Waals surface area contributed by atoms with E-state index in [-0.39, 0.29) is 35.5 Å². The van der Waals surface area contributed by atoms with Crippen molar-refractivity contribution in [3.05, 3.63) is 12.2 Å². The van der Waals surface area contributed by atoms with Gasteiger partial charge < -0.3 is 5.73 Å². The number of primary amides is 1. The van der Waals surface area contributed by atoms with Crippen LogP contribution in [-0.4, -0.2) is 22.9 Å². The molecule has 1 saturated heterocycles. The lowest BCUT2D eigenvalue weighted by molar-refractivity contribution is -0.143. The average molecular weight is 221 g/mol. The van der Waals surface area contributed by atoms with Crippen molar-refractivity contribution in [2.75, 3.05) is 0 Å². The first-order chi connectivity index (χ1) is 7.59. The highest BCUT2D eigenvalue weighted by molar-refractivity contribution is 6.07. The molecule has 6 nitrogen and oxygen atoms in total. The van der Waals surface area contributed by atoms with Crippen LogP contribution in [0.15, 0.2) is 12.2 Å². The summed E-state index contributed by atoms with van der Waals surface area (Å²) in [5, 5.41) is 0.782. The minimum Gasteiger partial charge on any atom is -0.350 e. The van der Waals surface area contributed by atoms with Gasteiger partial charge in [-0.1, -0.05) is 12.2 Å². The Bertz CT molecular complexity index is 401. The minimum absolute atomic E-state index is 0.145. The molecule has 0 radical (unpaired) electrons. The van der Waals surface area contributed by atoms with E-state index in [9.17, 15) is 14.4 Å². The third kappa shape index (κ3) is 0.986. The van der Waals surface area contributed by atoms with E-state index in [1.165, 1.54) is 0 Å². The van der Waals surface area contributed by atoms with Crippen LogP contribution in [0.4, 0.5) is 4.79 Å². The van der Waals surface area contributed by atoms with E-state index in [1.54, 1.807) is 0 Å². The van der Waals surface area contributed by atoms with E-state index in [0.717, 1.165) is 11.4 Å². The van der Waals surface area contributed by atoms with Gasteiger partial charge in [-0.05, 0) is 18.3 Å². The van der Waals surface area contributed by atoms with Gasteiger partial charge in [0.25, 0.3) is 11.8 Å². The van der Waals surface area contributed by atoms with E-state index in [1.807, 2.05) is 12.2 Å². The number of hydrazine groups is 1. The second-order valence-electron chi connectivity index (χ2n) is 4.49. The summed E-state index contributed by atoms with van der Waals surface area (Å²) < 4.78 is 0. The molecule has 84 valence electrons. The highest BCUT2D eigenvalue weighted by atomic mass is 16.2. The van der Waals surface area contributed by atoms with Crippen LogP contribution in [0.2, 0.25) is 0 Å². The molecule has 1 aliphatic heterocycles. The zero-order chi connectivity index (χ0) is 11.4. The monoisotopic (exact) mass is 221 g/mol. The molecule has 16 heavy (non-hydrogen) atoms. The molecule has 0 aromatic rings. The predicted molar refractivity (Wildman–Crippen MR) is 52.3 cm³/mol. The second-order valence-corrected chi connectivity index (χ2v) is 4.49. The number of imide groups is 1. The summed E-state index contributed by atoms with van der Waals surface area (Å²) in [4.78, 5) is 34.5. The molecule has 2 bridgehead atoms. The van der Waals surface area contributed by atoms with E-state index >= 15 is 0 Å². The summed E-state index contributed by atoms with van der Waals surface area (Å²) in [6.45, 7) is 0. The molecule has 2 fully saturated rings. The van der Waals surface area contributed by atoms with Crippen molar-refractivity contribution in [2.45, 2.75) is 6.42 Å². The van der Waals surface area contributed by atoms with Crippen molar-refractivity contribution in [1.29, 1.82) is 0 Å². The Morgan fingerprint density at radius 1 is 1.25 bits per heavy atom. The fraction of sp³-hybridized carbons (Fsp3) is 0.500. The Labute approximate surface area is 91.4 Å². The smallest absolute Gasteiger partial charge is 0.331 e. The number of hydrogen-bond donors (Lipinski definition) is 2. The van der Waals surface area contributed by atoms with Crippen LogP contribution in [0.3, 0.4) is 0 Å². The molecule has 1 saturated carbocycles. The predicted octanol–water partition coefficient (Wildman–Crippen LogP) is -0.623. The van der Waals surface area contributed by atoms with Gasteiger partial charge in [0, 0.05) is 0 Å². The van der Waals surface area contributed by atoms with E-state index < -0.39 is 6.03 Å². The number of allylic oxidation sites excluding steroid dienone is 2. The SMILES string of the molecule is NC(=O)NN1C(=O)[C@@H]2[C@@H](C1=O)[C@H]1C=C[C@H]2C1. The van der Waals surface area contributed by atoms with Gasteiger partial charge in [-0.15, -0.1) is 0 Å². The van der Waals surface area contributed by atoms with Gasteiger partial charge in [-0.25, -0.2) is 10.2 Å². The third-order valence-corrected chi connectivity index (χ3v) is 3.69. The van der Waals surface area contributed by atoms with Gasteiger partial charge in [-0.2, -0.15) is 5.01 Å². The van der Waals surface area contributed by atoms with Gasteiger partial charge in [0.2, 0.25) is 0 Å². The fourth-order valence-electron chi connectivity index (χ4n) is 3.12. The van der Waals surface area contributed by atoms with E-state index in [4.69, 9.17) is 5.73 Å². The molecule has 0 aromatic carbocycles. The summed E-state index contributed by atoms with van der Waals surface area (Å²) in [6.07, 6.45) is 4.85. The number of hydrogen-bond acceptors (Lipinski definition) is 3. The number of nitrogens with one attached hydrogen (secondary N) is 1. The number of fused-ring (bicyclic) bond motifs is 5. The first-order valence-electron chi connectivity index (χ1n) is 5.22. The molecule has 3 rings (SSSR count). The standard InChI is InChI=1S/C10H11N3O3/c11-10(16)12-13-8(14)6-4-1-2-5(3-4)7(6)9(13)15/h1-2,4-7H,3H2,(H3,11,12,16)/t4-,5-,6-,7-/m0/s1. The highest BCUT2D eigenvalue weighted by Crippen LogP contribution is 2.52. The molecule has 0 unspecified atom stereocenters. The second kappa shape index (κ2) is 2.84. The van der Waals surface area contributed by atoms with Gasteiger partial charge in [0.15, 0.2) is 0 Å². The number of rotatable bonds is 1. The lowest BCUT2D eigenvalue weighted by Crippen LogP contribution is -2.49. The molecule has 2 aliphatic carbocycles. The molecule has 0 spiro atoms. The van der Waals surface area contributed by atoms with Crippen molar-refractivity contribution in [3.8, 4) is 0 Å². The van der Waals surface area contributed by atoms with E-state index in [2.05, 4.69) is 5.43 Å². The Kier molecular flexibility index (Phi) is 1.66. The van der Waals surface area contributed by atoms with E-state index in [0.29, 0.717) is 0 Å². The van der Waals surface area contributed by atoms with Crippen LogP contribution in [0, 0.1) is 23.7 Å². The van der Waals surface area contributed by atoms with Crippen molar-refractivity contribution < 1.29 is 14.4 Å². The maximum absolute atomic E-state index is 11.9. The molecular weight excluding hydrogens is 210 g/mol. The van der Waals surface area contributed by atoms with Gasteiger partial charge in [-0.3, -0.25) is 9.59 Å². The fourth-order valence-corrected chi connectivity index (χ4v) is 3.12. The number of carbonyl (C=O) groups excluding carboxylic acids is 3. The largest absolute Gasteiger partial charge is 0.350 e. The van der Waals surface area contributed by atoms with Crippen molar-refractivity contribution in [3.63, 3.8) is 0 Å². The Morgan fingerprint density at radius 2 is 1.75 bits per heavy atom. The minimum atomic E-state index is -0.887. The van der Waals surface area contributed by atoms with Crippen molar-refractivity contribution in [2.24, 2.45) is 29.4 Å². The van der Waals surface area contributed by atoms with Crippen LogP contribution in [-0.2, 0) is 9.59 Å². The normalized spacial score (nSPS) is 39.4. The topological polar surface area (TPSA) is 92.5 Å². The molecule has 4 atom stereocenters. The summed E-state index contributed by atoms with van der Waals surface area (Å²) in [7, 11) is 0. The Morgan fingerprint density at radius 3 is 2.19 bits per heavy atom. The maximum atomic E-state index is 11.9. The number of amides is 4. The zero-order valence-corrected chi connectivity index (χ0v) is 8.42. The van der Waals surface area contributed by atoms with Crippen LogP contribution in [0.5, 0.6) is 0 Å². The Hall–Kier alpha value is -1.85. The lowest BCUT2D eigenvalue weighted by Gasteiger charge is -2.16. The van der Waals surface area contributed by atoms with Crippen LogP contribution in [0.1, 0.15) is 6.42 Å². The quantitative estimate of drug-likeness (QED) is 0.456. The van der Waals surface area contributed by atoms with Crippen LogP contribution >= 0.6 is 0 Å². The lowest BCUT2D eigenvalue weighted by atomic mass is 9.85. The number of nitrogens with zero attached hydrogens (tertiary/aromatic N) is 1. The zero-order valence-electron chi connectivity index (χ0n) is 8.42. The van der Waals surface area contributed by atoms with Crippen LogP contribution in [0.25, 0.3) is 0 Å². The number of urea groups is 1. The first-order valence-corrected chi connectivity index (χ1v) is 5.22. The molecule has 4 amide bonds. The van der Waals surface area contributed by atoms with Crippen molar-refractivity contribution in [1.82, 2.24) is 10.4 Å². The van der Waals surface area contributed by atoms with Gasteiger partial charge >= 0.3 is 6.03 Å². The first kappa shape index (κ1) is 9.38. The molecule has 3 N–H and O–H groups in total. The molecule has 3 aliphatic rings. The number of nitrogens with two attached hydrogens (primary N) is 1.